The minimum Gasteiger partial charge on any atom is -0.497 e. The molecule has 1 aromatic carbocycles. The van der Waals surface area contributed by atoms with Crippen LogP contribution in [0, 0.1) is 5.82 Å². The summed E-state index contributed by atoms with van der Waals surface area (Å²) in [7, 11) is 1.61. The molecule has 6 nitrogen and oxygen atoms in total. The molecule has 3 aromatic rings. The summed E-state index contributed by atoms with van der Waals surface area (Å²) in [6.07, 6.45) is 1.25. The van der Waals surface area contributed by atoms with Crippen molar-refractivity contribution in [2.45, 2.75) is 19.5 Å². The number of rotatable bonds is 4. The Kier molecular flexibility index (Phi) is 4.65. The molecule has 1 amide bonds. The van der Waals surface area contributed by atoms with Gasteiger partial charge in [0.15, 0.2) is 0 Å². The Labute approximate surface area is 161 Å². The van der Waals surface area contributed by atoms with Crippen molar-refractivity contribution in [3.63, 3.8) is 0 Å². The van der Waals surface area contributed by atoms with Crippen molar-refractivity contribution in [2.24, 2.45) is 0 Å². The molecule has 3 heterocycles. The first-order chi connectivity index (χ1) is 13.5. The summed E-state index contributed by atoms with van der Waals surface area (Å²) >= 11 is 0. The first-order valence-electron chi connectivity index (χ1n) is 8.84. The van der Waals surface area contributed by atoms with Gasteiger partial charge in [-0.1, -0.05) is 0 Å². The largest absolute Gasteiger partial charge is 0.497 e. The Bertz CT molecular complexity index is 1040. The molecule has 0 unspecified atom stereocenters. The minimum absolute atomic E-state index is 0.0757. The number of pyridine rings is 2. The highest BCUT2D eigenvalue weighted by molar-refractivity contribution is 5.80. The number of fused-ring (bicyclic) bond motifs is 1. The number of halogens is 1. The first-order valence-corrected chi connectivity index (χ1v) is 8.84. The fourth-order valence-electron chi connectivity index (χ4n) is 3.24. The fraction of sp³-hybridized carbons (Fsp3) is 0.190. The third-order valence-electron chi connectivity index (χ3n) is 4.79. The first kappa shape index (κ1) is 17.9. The predicted molar refractivity (Wildman–Crippen MR) is 103 cm³/mol. The topological polar surface area (TPSA) is 81.3 Å². The molecule has 0 saturated heterocycles. The van der Waals surface area contributed by atoms with Crippen LogP contribution in [-0.2, 0) is 24.3 Å². The summed E-state index contributed by atoms with van der Waals surface area (Å²) in [5, 5.41) is 0. The van der Waals surface area contributed by atoms with Crippen LogP contribution in [0.2, 0.25) is 0 Å². The third kappa shape index (κ3) is 3.51. The fourth-order valence-corrected chi connectivity index (χ4v) is 3.24. The lowest BCUT2D eigenvalue weighted by atomic mass is 10.1. The number of nitrogens with zero attached hydrogens (tertiary/aromatic N) is 3. The van der Waals surface area contributed by atoms with E-state index in [1.807, 2.05) is 30.3 Å². The van der Waals surface area contributed by atoms with Gasteiger partial charge in [-0.25, -0.2) is 4.39 Å². The maximum Gasteiger partial charge on any atom is 0.229 e. The number of anilines is 1. The summed E-state index contributed by atoms with van der Waals surface area (Å²) < 4.78 is 18.5. The highest BCUT2D eigenvalue weighted by Gasteiger charge is 2.25. The molecule has 142 valence electrons. The van der Waals surface area contributed by atoms with Gasteiger partial charge in [-0.3, -0.25) is 14.8 Å². The normalized spacial score (nSPS) is 12.7. The van der Waals surface area contributed by atoms with Crippen LogP contribution >= 0.6 is 0 Å². The third-order valence-corrected chi connectivity index (χ3v) is 4.79. The molecule has 0 spiro atoms. The Balaban J connectivity index is 1.52. The second-order valence-corrected chi connectivity index (χ2v) is 6.65. The molecule has 7 heteroatoms. The molecule has 2 N–H and O–H groups in total. The van der Waals surface area contributed by atoms with E-state index in [-0.39, 0.29) is 12.3 Å². The number of hydrogen-bond acceptors (Lipinski definition) is 5. The van der Waals surface area contributed by atoms with Gasteiger partial charge in [-0.15, -0.1) is 0 Å². The van der Waals surface area contributed by atoms with Gasteiger partial charge in [0.05, 0.1) is 49.0 Å². The molecule has 4 rings (SSSR count). The van der Waals surface area contributed by atoms with Crippen molar-refractivity contribution in [3.05, 3.63) is 71.4 Å². The van der Waals surface area contributed by atoms with Crippen LogP contribution in [0.1, 0.15) is 17.0 Å². The lowest BCUT2D eigenvalue weighted by Gasteiger charge is -2.16. The van der Waals surface area contributed by atoms with Crippen molar-refractivity contribution in [2.75, 3.05) is 12.8 Å². The quantitative estimate of drug-likeness (QED) is 0.755. The summed E-state index contributed by atoms with van der Waals surface area (Å²) in [4.78, 5) is 23.0. The molecular weight excluding hydrogens is 359 g/mol. The number of nitrogen functional groups attached to an aromatic ring is 1. The van der Waals surface area contributed by atoms with E-state index in [1.54, 1.807) is 18.1 Å². The van der Waals surface area contributed by atoms with E-state index in [0.717, 1.165) is 28.3 Å². The number of carbonyl (C=O) groups excluding carboxylic acids is 1. The second-order valence-electron chi connectivity index (χ2n) is 6.65. The van der Waals surface area contributed by atoms with Crippen LogP contribution in [0.5, 0.6) is 5.75 Å². The Morgan fingerprint density at radius 1 is 1.21 bits per heavy atom. The number of nitrogens with two attached hydrogens (primary N) is 1. The lowest BCUT2D eigenvalue weighted by molar-refractivity contribution is -0.131. The molecule has 0 radical (unpaired) electrons. The molecule has 28 heavy (non-hydrogen) atoms. The number of methoxy groups -OCH3 is 1. The zero-order chi connectivity index (χ0) is 19.7. The summed E-state index contributed by atoms with van der Waals surface area (Å²) in [6, 6.07) is 12.5. The van der Waals surface area contributed by atoms with Crippen LogP contribution in [0.25, 0.3) is 11.3 Å². The molecule has 0 saturated carbocycles. The van der Waals surface area contributed by atoms with Crippen LogP contribution < -0.4 is 10.5 Å². The van der Waals surface area contributed by atoms with Crippen molar-refractivity contribution in [1.82, 2.24) is 14.9 Å². The zero-order valence-corrected chi connectivity index (χ0v) is 15.4. The average molecular weight is 378 g/mol. The second kappa shape index (κ2) is 7.26. The highest BCUT2D eigenvalue weighted by Crippen LogP contribution is 2.25. The smallest absolute Gasteiger partial charge is 0.229 e. The summed E-state index contributed by atoms with van der Waals surface area (Å²) in [6.45, 7) is 0.712. The lowest BCUT2D eigenvalue weighted by Crippen LogP contribution is -2.27. The molecule has 0 atom stereocenters. The number of ether oxygens (including phenoxy) is 1. The van der Waals surface area contributed by atoms with Crippen molar-refractivity contribution < 1.29 is 13.9 Å². The molecule has 1 aliphatic rings. The van der Waals surface area contributed by atoms with Gasteiger partial charge in [0, 0.05) is 12.1 Å². The van der Waals surface area contributed by atoms with E-state index in [2.05, 4.69) is 9.97 Å². The maximum absolute atomic E-state index is 13.3. The number of amides is 1. The van der Waals surface area contributed by atoms with E-state index in [0.29, 0.717) is 24.5 Å². The Morgan fingerprint density at radius 3 is 2.75 bits per heavy atom. The van der Waals surface area contributed by atoms with Gasteiger partial charge in [-0.05, 0) is 48.0 Å². The summed E-state index contributed by atoms with van der Waals surface area (Å²) in [5.41, 5.74) is 10.1. The zero-order valence-electron chi connectivity index (χ0n) is 15.4. The van der Waals surface area contributed by atoms with Crippen molar-refractivity contribution in [1.29, 1.82) is 0 Å². The molecular formula is C21H19FN4O2. The van der Waals surface area contributed by atoms with Crippen LogP contribution in [0.4, 0.5) is 10.1 Å². The molecule has 0 fully saturated rings. The van der Waals surface area contributed by atoms with E-state index >= 15 is 0 Å². The minimum atomic E-state index is -0.397. The van der Waals surface area contributed by atoms with Gasteiger partial charge in [0.1, 0.15) is 11.6 Å². The predicted octanol–water partition coefficient (Wildman–Crippen LogP) is 2.96. The van der Waals surface area contributed by atoms with E-state index in [9.17, 15) is 9.18 Å². The molecule has 1 aliphatic heterocycles. The maximum atomic E-state index is 13.3. The molecule has 0 aliphatic carbocycles. The van der Waals surface area contributed by atoms with Crippen LogP contribution in [-0.4, -0.2) is 27.9 Å². The van der Waals surface area contributed by atoms with Gasteiger partial charge in [-0.2, -0.15) is 0 Å². The number of carbonyl (C=O) groups is 1. The van der Waals surface area contributed by atoms with Crippen molar-refractivity contribution in [3.8, 4) is 17.0 Å². The van der Waals surface area contributed by atoms with Gasteiger partial charge in [0.25, 0.3) is 0 Å². The number of benzene rings is 1. The average Bonchev–Trinajstić information content (AvgIpc) is 3.13. The SMILES string of the molecule is COc1ccc(-c2ccc(N)c(CC(=O)N3Cc4cc(F)cnc4C3)n2)cc1. The monoisotopic (exact) mass is 378 g/mol. The van der Waals surface area contributed by atoms with E-state index in [1.165, 1.54) is 12.3 Å². The number of aromatic nitrogens is 2. The van der Waals surface area contributed by atoms with E-state index < -0.39 is 5.82 Å². The van der Waals surface area contributed by atoms with Gasteiger partial charge >= 0.3 is 0 Å². The Morgan fingerprint density at radius 2 is 2.00 bits per heavy atom. The van der Waals surface area contributed by atoms with Crippen molar-refractivity contribution >= 4 is 11.6 Å². The standard InChI is InChI=1S/C21H19FN4O2/c1-28-16-4-2-13(3-5-16)18-7-6-17(23)19(25-18)9-21(27)26-11-14-8-15(22)10-24-20(14)12-26/h2-8,10H,9,11-12,23H2,1H3. The van der Waals surface area contributed by atoms with Crippen LogP contribution in [0.3, 0.4) is 0 Å². The highest BCUT2D eigenvalue weighted by atomic mass is 19.1. The van der Waals surface area contributed by atoms with Gasteiger partial charge in [0.2, 0.25) is 5.91 Å². The van der Waals surface area contributed by atoms with Gasteiger partial charge < -0.3 is 15.4 Å². The molecule has 2 aromatic heterocycles. The van der Waals surface area contributed by atoms with E-state index in [4.69, 9.17) is 10.5 Å². The Hall–Kier alpha value is -3.48. The molecule has 0 bridgehead atoms. The van der Waals surface area contributed by atoms with Crippen LogP contribution in [0.15, 0.2) is 48.7 Å². The number of hydrogen-bond donors (Lipinski definition) is 1. The summed E-state index contributed by atoms with van der Waals surface area (Å²) in [5.74, 6) is 0.240.